The second-order valence-electron chi connectivity index (χ2n) is 7.06. The Hall–Kier alpha value is -4.00. The van der Waals surface area contributed by atoms with Gasteiger partial charge >= 0.3 is 6.03 Å². The minimum absolute atomic E-state index is 0.247. The van der Waals surface area contributed by atoms with Crippen LogP contribution in [0.2, 0.25) is 0 Å². The number of anilines is 1. The molecule has 2 aromatic heterocycles. The molecule has 4 rings (SSSR count). The highest BCUT2D eigenvalue weighted by molar-refractivity contribution is 5.90. The maximum absolute atomic E-state index is 13.1. The predicted molar refractivity (Wildman–Crippen MR) is 117 cm³/mol. The van der Waals surface area contributed by atoms with Gasteiger partial charge in [-0.05, 0) is 42.8 Å². The third-order valence-electron chi connectivity index (χ3n) is 4.88. The van der Waals surface area contributed by atoms with E-state index in [0.29, 0.717) is 29.5 Å². The number of carbonyl (C=O) groups excluding carboxylic acids is 1. The highest BCUT2D eigenvalue weighted by Gasteiger charge is 2.20. The summed E-state index contributed by atoms with van der Waals surface area (Å²) in [6.45, 7) is 2.49. The third-order valence-corrected chi connectivity index (χ3v) is 4.88. The molecule has 7 nitrogen and oxygen atoms in total. The summed E-state index contributed by atoms with van der Waals surface area (Å²) in [6, 6.07) is 20.4. The highest BCUT2D eigenvalue weighted by Crippen LogP contribution is 2.30. The van der Waals surface area contributed by atoms with Crippen molar-refractivity contribution in [3.8, 4) is 17.1 Å². The molecule has 0 unspecified atom stereocenters. The van der Waals surface area contributed by atoms with E-state index in [-0.39, 0.29) is 12.6 Å². The average Bonchev–Trinajstić information content (AvgIpc) is 3.47. The van der Waals surface area contributed by atoms with Crippen LogP contribution in [-0.4, -0.2) is 23.2 Å². The van der Waals surface area contributed by atoms with Crippen molar-refractivity contribution in [3.63, 3.8) is 0 Å². The number of hydrogen-bond donors (Lipinski definition) is 1. The number of hydrogen-bond acceptors (Lipinski definition) is 5. The highest BCUT2D eigenvalue weighted by atomic mass is 16.5. The van der Waals surface area contributed by atoms with E-state index in [1.165, 1.54) is 0 Å². The molecule has 0 fully saturated rings. The van der Waals surface area contributed by atoms with Crippen LogP contribution in [0.15, 0.2) is 81.9 Å². The minimum atomic E-state index is -0.257. The Bertz CT molecular complexity index is 1150. The van der Waals surface area contributed by atoms with E-state index in [1.54, 1.807) is 24.3 Å². The van der Waals surface area contributed by atoms with Gasteiger partial charge in [0.2, 0.25) is 0 Å². The van der Waals surface area contributed by atoms with E-state index in [1.807, 2.05) is 67.6 Å². The minimum Gasteiger partial charge on any atom is -0.496 e. The lowest BCUT2D eigenvalue weighted by Gasteiger charge is -2.21. The van der Waals surface area contributed by atoms with Crippen molar-refractivity contribution in [2.75, 3.05) is 12.4 Å². The first-order valence-corrected chi connectivity index (χ1v) is 9.87. The van der Waals surface area contributed by atoms with Crippen LogP contribution in [0.3, 0.4) is 0 Å². The molecule has 0 aliphatic carbocycles. The van der Waals surface area contributed by atoms with Gasteiger partial charge in [-0.1, -0.05) is 35.5 Å². The number of ether oxygens (including phenoxy) is 1. The van der Waals surface area contributed by atoms with E-state index in [2.05, 4.69) is 10.5 Å². The van der Waals surface area contributed by atoms with Crippen molar-refractivity contribution in [3.05, 3.63) is 90.0 Å². The number of aromatic nitrogens is 1. The van der Waals surface area contributed by atoms with E-state index in [4.69, 9.17) is 13.7 Å². The molecule has 158 valence electrons. The molecule has 0 atom stereocenters. The normalized spacial score (nSPS) is 10.6. The van der Waals surface area contributed by atoms with Gasteiger partial charge < -0.3 is 23.9 Å². The van der Waals surface area contributed by atoms with Crippen LogP contribution in [0.4, 0.5) is 10.5 Å². The van der Waals surface area contributed by atoms with Crippen molar-refractivity contribution in [1.29, 1.82) is 0 Å². The maximum atomic E-state index is 13.1. The van der Waals surface area contributed by atoms with Gasteiger partial charge in [0, 0.05) is 11.8 Å². The molecule has 2 amide bonds. The van der Waals surface area contributed by atoms with E-state index in [9.17, 15) is 4.79 Å². The summed E-state index contributed by atoms with van der Waals surface area (Å²) in [5.74, 6) is 1.94. The Kier molecular flexibility index (Phi) is 6.03. The summed E-state index contributed by atoms with van der Waals surface area (Å²) in [6.07, 6.45) is 1.59. The monoisotopic (exact) mass is 417 g/mol. The van der Waals surface area contributed by atoms with Crippen LogP contribution < -0.4 is 10.1 Å². The number of rotatable bonds is 7. The number of aryl methyl sites for hydroxylation is 1. The molecule has 0 aliphatic heterocycles. The standard InChI is InChI=1S/C24H23N3O4/c1-17-8-3-5-11-21(17)25-24(28)27(16-19-9-7-13-30-19)15-18-14-23(31-26-18)20-10-4-6-12-22(20)29-2/h3-14H,15-16H2,1-2H3,(H,25,28). The number of urea groups is 1. The number of furan rings is 1. The van der Waals surface area contributed by atoms with Crippen LogP contribution in [0.25, 0.3) is 11.3 Å². The van der Waals surface area contributed by atoms with Crippen LogP contribution in [0, 0.1) is 6.92 Å². The first-order chi connectivity index (χ1) is 15.1. The molecule has 0 saturated heterocycles. The average molecular weight is 417 g/mol. The second kappa shape index (κ2) is 9.21. The number of methoxy groups -OCH3 is 1. The molecular weight excluding hydrogens is 394 g/mol. The molecule has 4 aromatic rings. The lowest BCUT2D eigenvalue weighted by atomic mass is 10.1. The van der Waals surface area contributed by atoms with Gasteiger partial charge in [0.15, 0.2) is 5.76 Å². The summed E-state index contributed by atoms with van der Waals surface area (Å²) < 4.78 is 16.4. The van der Waals surface area contributed by atoms with Gasteiger partial charge in [-0.3, -0.25) is 0 Å². The first-order valence-electron chi connectivity index (χ1n) is 9.87. The summed E-state index contributed by atoms with van der Waals surface area (Å²) in [7, 11) is 1.61. The Labute approximate surface area is 180 Å². The molecular formula is C24H23N3O4. The SMILES string of the molecule is COc1ccccc1-c1cc(CN(Cc2ccco2)C(=O)Nc2ccccc2C)no1. The summed E-state index contributed by atoms with van der Waals surface area (Å²) in [5, 5.41) is 7.13. The summed E-state index contributed by atoms with van der Waals surface area (Å²) >= 11 is 0. The van der Waals surface area contributed by atoms with Crippen LogP contribution in [0.1, 0.15) is 17.0 Å². The van der Waals surface area contributed by atoms with E-state index < -0.39 is 0 Å². The summed E-state index contributed by atoms with van der Waals surface area (Å²) in [5.41, 5.74) is 3.15. The molecule has 0 saturated carbocycles. The molecule has 0 spiro atoms. The fourth-order valence-corrected chi connectivity index (χ4v) is 3.25. The predicted octanol–water partition coefficient (Wildman–Crippen LogP) is 5.49. The topological polar surface area (TPSA) is 80.7 Å². The quantitative estimate of drug-likeness (QED) is 0.430. The van der Waals surface area contributed by atoms with Crippen molar-refractivity contribution in [1.82, 2.24) is 10.1 Å². The largest absolute Gasteiger partial charge is 0.496 e. The number of amides is 2. The van der Waals surface area contributed by atoms with Crippen molar-refractivity contribution >= 4 is 11.7 Å². The van der Waals surface area contributed by atoms with Gasteiger partial charge in [0.1, 0.15) is 17.2 Å². The molecule has 0 bridgehead atoms. The molecule has 31 heavy (non-hydrogen) atoms. The zero-order valence-corrected chi connectivity index (χ0v) is 17.4. The van der Waals surface area contributed by atoms with Gasteiger partial charge in [0.05, 0.1) is 32.0 Å². The summed E-state index contributed by atoms with van der Waals surface area (Å²) in [4.78, 5) is 14.7. The Morgan fingerprint density at radius 3 is 2.65 bits per heavy atom. The molecule has 0 radical (unpaired) electrons. The van der Waals surface area contributed by atoms with Crippen LogP contribution >= 0.6 is 0 Å². The van der Waals surface area contributed by atoms with Crippen LogP contribution in [-0.2, 0) is 13.1 Å². The molecule has 7 heteroatoms. The Morgan fingerprint density at radius 1 is 1.06 bits per heavy atom. The molecule has 2 aromatic carbocycles. The van der Waals surface area contributed by atoms with Crippen molar-refractivity contribution in [2.24, 2.45) is 0 Å². The smallest absolute Gasteiger partial charge is 0.322 e. The van der Waals surface area contributed by atoms with Gasteiger partial charge in [-0.25, -0.2) is 4.79 Å². The molecule has 2 heterocycles. The zero-order valence-electron chi connectivity index (χ0n) is 17.4. The zero-order chi connectivity index (χ0) is 21.6. The third kappa shape index (κ3) is 4.78. The Balaban J connectivity index is 1.56. The number of nitrogens with zero attached hydrogens (tertiary/aromatic N) is 2. The number of para-hydroxylation sites is 2. The molecule has 0 aliphatic rings. The van der Waals surface area contributed by atoms with Crippen molar-refractivity contribution in [2.45, 2.75) is 20.0 Å². The van der Waals surface area contributed by atoms with E-state index in [0.717, 1.165) is 16.8 Å². The van der Waals surface area contributed by atoms with Gasteiger partial charge in [-0.2, -0.15) is 0 Å². The number of nitrogens with one attached hydrogen (secondary N) is 1. The van der Waals surface area contributed by atoms with E-state index >= 15 is 0 Å². The second-order valence-corrected chi connectivity index (χ2v) is 7.06. The van der Waals surface area contributed by atoms with Crippen LogP contribution in [0.5, 0.6) is 5.75 Å². The van der Waals surface area contributed by atoms with Gasteiger partial charge in [-0.15, -0.1) is 0 Å². The fraction of sp³-hybridized carbons (Fsp3) is 0.167. The lowest BCUT2D eigenvalue weighted by molar-refractivity contribution is 0.199. The van der Waals surface area contributed by atoms with Crippen molar-refractivity contribution < 1.29 is 18.5 Å². The molecule has 1 N–H and O–H groups in total. The maximum Gasteiger partial charge on any atom is 0.322 e. The number of carbonyl (C=O) groups is 1. The number of benzene rings is 2. The Morgan fingerprint density at radius 2 is 1.87 bits per heavy atom. The first kappa shape index (κ1) is 20.3. The fourth-order valence-electron chi connectivity index (χ4n) is 3.25. The van der Waals surface area contributed by atoms with Gasteiger partial charge in [0.25, 0.3) is 0 Å². The lowest BCUT2D eigenvalue weighted by Crippen LogP contribution is -2.34.